The molecule has 0 bridgehead atoms. The van der Waals surface area contributed by atoms with Crippen molar-refractivity contribution in [2.45, 2.75) is 29.5 Å². The van der Waals surface area contributed by atoms with Crippen molar-refractivity contribution in [3.8, 4) is 0 Å². The number of amides is 1. The molecule has 0 saturated carbocycles. The number of piperazine rings is 1. The molecule has 3 heterocycles. The van der Waals surface area contributed by atoms with E-state index in [1.165, 1.54) is 15.6 Å². The Morgan fingerprint density at radius 3 is 2.77 bits per heavy atom. The maximum absolute atomic E-state index is 12.7. The second-order valence-corrected chi connectivity index (χ2v) is 9.51. The third-order valence-corrected chi connectivity index (χ3v) is 8.01. The molecule has 1 unspecified atom stereocenters. The van der Waals surface area contributed by atoms with E-state index in [-0.39, 0.29) is 18.3 Å². The van der Waals surface area contributed by atoms with E-state index in [2.05, 4.69) is 15.5 Å². The van der Waals surface area contributed by atoms with Gasteiger partial charge in [-0.25, -0.2) is 8.42 Å². The molecule has 1 aromatic heterocycles. The molecule has 3 rings (SSSR count). The highest BCUT2D eigenvalue weighted by Crippen LogP contribution is 2.28. The number of carbonyl (C=O) groups is 1. The molecule has 1 amide bonds. The van der Waals surface area contributed by atoms with Crippen LogP contribution in [0.1, 0.15) is 19.3 Å². The van der Waals surface area contributed by atoms with Gasteiger partial charge in [-0.15, -0.1) is 23.7 Å². The Kier molecular flexibility index (Phi) is 8.31. The highest BCUT2D eigenvalue weighted by atomic mass is 35.5. The van der Waals surface area contributed by atoms with E-state index < -0.39 is 16.1 Å². The fraction of sp³-hybridized carbons (Fsp3) is 0.688. The van der Waals surface area contributed by atoms with E-state index in [1.807, 2.05) is 0 Å². The number of nitrogens with zero attached hydrogens (tertiary/aromatic N) is 2. The molecule has 2 aliphatic rings. The molecule has 1 atom stereocenters. The van der Waals surface area contributed by atoms with E-state index in [4.69, 9.17) is 0 Å². The molecule has 2 saturated heterocycles. The van der Waals surface area contributed by atoms with Gasteiger partial charge in [-0.2, -0.15) is 4.31 Å². The summed E-state index contributed by atoms with van der Waals surface area (Å²) in [5.41, 5.74) is 0. The first-order valence-electron chi connectivity index (χ1n) is 8.85. The summed E-state index contributed by atoms with van der Waals surface area (Å²) in [5, 5.41) is 7.99. The van der Waals surface area contributed by atoms with Crippen LogP contribution in [0.2, 0.25) is 0 Å². The minimum Gasteiger partial charge on any atom is -0.355 e. The molecule has 0 aliphatic carbocycles. The van der Waals surface area contributed by atoms with Crippen molar-refractivity contribution < 1.29 is 13.2 Å². The van der Waals surface area contributed by atoms with Crippen molar-refractivity contribution in [2.24, 2.45) is 0 Å². The molecule has 7 nitrogen and oxygen atoms in total. The molecule has 2 fully saturated rings. The van der Waals surface area contributed by atoms with Crippen LogP contribution >= 0.6 is 23.7 Å². The standard InChI is InChI=1S/C16H26N4O3S2.ClH/c21-16(18-6-3-9-19-11-7-17-8-12-19)14-4-1-10-20(14)25(22,23)15-5-2-13-24-15;/h2,5,13-14,17H,1,3-4,6-12H2,(H,18,21);1H. The topological polar surface area (TPSA) is 81.8 Å². The SMILES string of the molecule is Cl.O=C(NCCCN1CCNCC1)C1CCCN1S(=O)(=O)c1cccs1. The van der Waals surface area contributed by atoms with Crippen LogP contribution in [-0.4, -0.2) is 75.4 Å². The Hall–Kier alpha value is -0.710. The number of carbonyl (C=O) groups excluding carboxylic acids is 1. The zero-order chi connectivity index (χ0) is 17.7. The van der Waals surface area contributed by atoms with Crippen molar-refractivity contribution in [1.82, 2.24) is 19.8 Å². The van der Waals surface area contributed by atoms with Gasteiger partial charge in [0.25, 0.3) is 10.0 Å². The van der Waals surface area contributed by atoms with Crippen molar-refractivity contribution in [3.63, 3.8) is 0 Å². The molecular formula is C16H27ClN4O3S2. The molecule has 2 N–H and O–H groups in total. The number of hydrogen-bond acceptors (Lipinski definition) is 6. The predicted octanol–water partition coefficient (Wildman–Crippen LogP) is 0.735. The number of sulfonamides is 1. The van der Waals surface area contributed by atoms with Gasteiger partial charge in [0.1, 0.15) is 10.3 Å². The van der Waals surface area contributed by atoms with E-state index in [1.54, 1.807) is 17.5 Å². The molecule has 148 valence electrons. The van der Waals surface area contributed by atoms with Gasteiger partial charge in [0.2, 0.25) is 5.91 Å². The Morgan fingerprint density at radius 1 is 1.31 bits per heavy atom. The van der Waals surface area contributed by atoms with Crippen molar-refractivity contribution in [2.75, 3.05) is 45.8 Å². The van der Waals surface area contributed by atoms with Gasteiger partial charge in [-0.05, 0) is 37.3 Å². The van der Waals surface area contributed by atoms with Gasteiger partial charge >= 0.3 is 0 Å². The minimum absolute atomic E-state index is 0. The largest absolute Gasteiger partial charge is 0.355 e. The van der Waals surface area contributed by atoms with Crippen LogP contribution in [0.3, 0.4) is 0 Å². The lowest BCUT2D eigenvalue weighted by Crippen LogP contribution is -2.47. The van der Waals surface area contributed by atoms with Gasteiger partial charge in [0, 0.05) is 39.3 Å². The monoisotopic (exact) mass is 422 g/mol. The Balaban J connectivity index is 0.00000243. The lowest BCUT2D eigenvalue weighted by atomic mass is 10.2. The predicted molar refractivity (Wildman–Crippen MR) is 105 cm³/mol. The first kappa shape index (κ1) is 21.6. The summed E-state index contributed by atoms with van der Waals surface area (Å²) in [4.78, 5) is 14.9. The Bertz CT molecular complexity index is 663. The van der Waals surface area contributed by atoms with Crippen LogP contribution in [0.5, 0.6) is 0 Å². The van der Waals surface area contributed by atoms with Crippen LogP contribution in [0, 0.1) is 0 Å². The summed E-state index contributed by atoms with van der Waals surface area (Å²) >= 11 is 1.20. The summed E-state index contributed by atoms with van der Waals surface area (Å²) in [6.07, 6.45) is 2.20. The summed E-state index contributed by atoms with van der Waals surface area (Å²) in [6, 6.07) is 2.74. The van der Waals surface area contributed by atoms with Crippen LogP contribution in [0.15, 0.2) is 21.7 Å². The fourth-order valence-corrected chi connectivity index (χ4v) is 6.16. The van der Waals surface area contributed by atoms with Crippen LogP contribution in [-0.2, 0) is 14.8 Å². The third-order valence-electron chi connectivity index (χ3n) is 4.72. The summed E-state index contributed by atoms with van der Waals surface area (Å²) in [7, 11) is -3.56. The maximum atomic E-state index is 12.7. The second-order valence-electron chi connectivity index (χ2n) is 6.44. The highest BCUT2D eigenvalue weighted by molar-refractivity contribution is 7.91. The maximum Gasteiger partial charge on any atom is 0.253 e. The van der Waals surface area contributed by atoms with E-state index >= 15 is 0 Å². The normalized spacial score (nSPS) is 22.1. The van der Waals surface area contributed by atoms with Crippen LogP contribution in [0.4, 0.5) is 0 Å². The average molecular weight is 423 g/mol. The van der Waals surface area contributed by atoms with Crippen molar-refractivity contribution >= 4 is 39.7 Å². The van der Waals surface area contributed by atoms with Crippen LogP contribution in [0.25, 0.3) is 0 Å². The van der Waals surface area contributed by atoms with Gasteiger partial charge in [-0.3, -0.25) is 4.79 Å². The number of hydrogen-bond donors (Lipinski definition) is 2. The fourth-order valence-electron chi connectivity index (χ4n) is 3.38. The third kappa shape index (κ3) is 5.17. The quantitative estimate of drug-likeness (QED) is 0.633. The van der Waals surface area contributed by atoms with E-state index in [0.717, 1.165) is 45.6 Å². The Morgan fingerprint density at radius 2 is 2.08 bits per heavy atom. The molecule has 10 heteroatoms. The smallest absolute Gasteiger partial charge is 0.253 e. The molecular weight excluding hydrogens is 396 g/mol. The van der Waals surface area contributed by atoms with Crippen molar-refractivity contribution in [3.05, 3.63) is 17.5 Å². The van der Waals surface area contributed by atoms with Gasteiger partial charge in [-0.1, -0.05) is 6.07 Å². The molecule has 0 aromatic carbocycles. The second kappa shape index (κ2) is 10.0. The first-order chi connectivity index (χ1) is 12.1. The molecule has 26 heavy (non-hydrogen) atoms. The van der Waals surface area contributed by atoms with Gasteiger partial charge in [0.15, 0.2) is 0 Å². The Labute approximate surface area is 165 Å². The van der Waals surface area contributed by atoms with Gasteiger partial charge < -0.3 is 15.5 Å². The van der Waals surface area contributed by atoms with E-state index in [9.17, 15) is 13.2 Å². The number of thiophene rings is 1. The number of halogens is 1. The molecule has 0 radical (unpaired) electrons. The lowest BCUT2D eigenvalue weighted by molar-refractivity contribution is -0.124. The number of nitrogens with one attached hydrogen (secondary N) is 2. The number of rotatable bonds is 7. The van der Waals surface area contributed by atoms with Crippen LogP contribution < -0.4 is 10.6 Å². The van der Waals surface area contributed by atoms with E-state index in [0.29, 0.717) is 23.7 Å². The molecule has 1 aromatic rings. The van der Waals surface area contributed by atoms with Gasteiger partial charge in [0.05, 0.1) is 0 Å². The zero-order valence-corrected chi connectivity index (χ0v) is 17.2. The summed E-state index contributed by atoms with van der Waals surface area (Å²) < 4.78 is 27.1. The highest BCUT2D eigenvalue weighted by Gasteiger charge is 2.39. The first-order valence-corrected chi connectivity index (χ1v) is 11.2. The minimum atomic E-state index is -3.56. The zero-order valence-electron chi connectivity index (χ0n) is 14.7. The average Bonchev–Trinajstić information content (AvgIpc) is 3.31. The van der Waals surface area contributed by atoms with Crippen molar-refractivity contribution in [1.29, 1.82) is 0 Å². The molecule has 0 spiro atoms. The summed E-state index contributed by atoms with van der Waals surface area (Å²) in [6.45, 7) is 6.09. The summed E-state index contributed by atoms with van der Waals surface area (Å²) in [5.74, 6) is -0.169. The lowest BCUT2D eigenvalue weighted by Gasteiger charge is -2.27. The molecule has 2 aliphatic heterocycles.